The van der Waals surface area contributed by atoms with Gasteiger partial charge in [0.05, 0.1) is 0 Å². The van der Waals surface area contributed by atoms with Crippen molar-refractivity contribution in [3.63, 3.8) is 0 Å². The van der Waals surface area contributed by atoms with E-state index in [1.807, 2.05) is 0 Å². The third-order valence-electron chi connectivity index (χ3n) is 0.202. The molecule has 0 aliphatic carbocycles. The first kappa shape index (κ1) is 7.34. The average Bonchev–Trinajstić information content (AvgIpc) is 1.59. The Hall–Kier alpha value is -0.660. The molecule has 0 aromatic rings. The summed E-state index contributed by atoms with van der Waals surface area (Å²) >= 11 is 0. The summed E-state index contributed by atoms with van der Waals surface area (Å²) in [5.41, 5.74) is 0. The largest absolute Gasteiger partial charge is 0.365 e. The third-order valence-corrected chi connectivity index (χ3v) is 0.508. The summed E-state index contributed by atoms with van der Waals surface area (Å²) in [4.78, 5) is 13.7. The minimum atomic E-state index is -4.39. The number of carbonyl (C=O) groups excluding carboxylic acids is 1. The second-order valence-electron chi connectivity index (χ2n) is 0.772. The molecule has 0 aromatic heterocycles. The van der Waals surface area contributed by atoms with E-state index in [4.69, 9.17) is 4.55 Å². The summed E-state index contributed by atoms with van der Waals surface area (Å²) in [6, 6.07) is 0. The number of hydrogen-bond donors (Lipinski definition) is 2. The highest BCUT2D eigenvalue weighted by atomic mass is 32.2. The van der Waals surface area contributed by atoms with E-state index < -0.39 is 10.3 Å². The van der Waals surface area contributed by atoms with Gasteiger partial charge in [0.1, 0.15) is 0 Å². The van der Waals surface area contributed by atoms with Crippen LogP contribution in [0, 0.1) is 0 Å². The van der Waals surface area contributed by atoms with Gasteiger partial charge in [-0.25, -0.2) is 0 Å². The van der Waals surface area contributed by atoms with Crippen LogP contribution in [0.4, 0.5) is 0 Å². The van der Waals surface area contributed by atoms with E-state index in [1.54, 1.807) is 0 Å². The Balaban J connectivity index is 3.57. The second-order valence-corrected chi connectivity index (χ2v) is 1.89. The zero-order chi connectivity index (χ0) is 6.62. The molecule has 6 nitrogen and oxygen atoms in total. The Morgan fingerprint density at radius 1 is 1.62 bits per heavy atom. The van der Waals surface area contributed by atoms with E-state index in [1.165, 1.54) is 0 Å². The highest BCUT2D eigenvalue weighted by molar-refractivity contribution is 7.83. The lowest BCUT2D eigenvalue weighted by molar-refractivity contribution is -0.132. The lowest BCUT2D eigenvalue weighted by atomic mass is 11.6. The van der Waals surface area contributed by atoms with Gasteiger partial charge in [-0.2, -0.15) is 8.42 Å². The monoisotopic (exact) mass is 141 g/mol. The van der Waals surface area contributed by atoms with Crippen molar-refractivity contribution in [2.75, 3.05) is 0 Å². The summed E-state index contributed by atoms with van der Waals surface area (Å²) in [5.74, 6) is 0. The molecule has 8 heavy (non-hydrogen) atoms. The van der Waals surface area contributed by atoms with Gasteiger partial charge >= 0.3 is 16.8 Å². The van der Waals surface area contributed by atoms with Crippen molar-refractivity contribution < 1.29 is 22.6 Å². The van der Waals surface area contributed by atoms with E-state index in [0.29, 0.717) is 0 Å². The highest BCUT2D eigenvalue weighted by Crippen LogP contribution is 1.67. The molecular weight excluding hydrogens is 138 g/mol. The molecule has 0 bridgehead atoms. The minimum Gasteiger partial charge on any atom is -0.357 e. The van der Waals surface area contributed by atoms with E-state index >= 15 is 0 Å². The number of carbonyl (C=O) groups is 1. The molecule has 0 amide bonds. The summed E-state index contributed by atoms with van der Waals surface area (Å²) in [6.45, 7) is -0.173. The molecule has 7 heteroatoms. The normalized spacial score (nSPS) is 10.6. The molecule has 0 heterocycles. The average molecular weight is 141 g/mol. The van der Waals surface area contributed by atoms with Gasteiger partial charge in [0.15, 0.2) is 0 Å². The maximum atomic E-state index is 9.55. The van der Waals surface area contributed by atoms with Gasteiger partial charge in [0, 0.05) is 0 Å². The van der Waals surface area contributed by atoms with Crippen LogP contribution in [0.3, 0.4) is 0 Å². The van der Waals surface area contributed by atoms with Crippen LogP contribution in [-0.4, -0.2) is 19.4 Å². The molecule has 0 aliphatic heterocycles. The zero-order valence-corrected chi connectivity index (χ0v) is 4.38. The van der Waals surface area contributed by atoms with E-state index in [9.17, 15) is 13.2 Å². The maximum Gasteiger partial charge on any atom is 0.365 e. The molecule has 2 N–H and O–H groups in total. The van der Waals surface area contributed by atoms with Crippen molar-refractivity contribution in [3.05, 3.63) is 0 Å². The van der Waals surface area contributed by atoms with Gasteiger partial charge < -0.3 is 4.84 Å². The molecule has 0 spiro atoms. The number of nitrogens with one attached hydrogen (secondary N) is 1. The van der Waals surface area contributed by atoms with Crippen molar-refractivity contribution in [2.45, 2.75) is 0 Å². The van der Waals surface area contributed by atoms with Crippen molar-refractivity contribution in [2.24, 2.45) is 0 Å². The molecule has 0 rings (SSSR count). The molecule has 0 saturated carbocycles. The first-order chi connectivity index (χ1) is 3.56. The van der Waals surface area contributed by atoms with Crippen LogP contribution < -0.4 is 4.89 Å². The fraction of sp³-hybridized carbons (Fsp3) is 0. The third kappa shape index (κ3) is 5.34. The zero-order valence-electron chi connectivity index (χ0n) is 3.57. The maximum absolute atomic E-state index is 9.55. The van der Waals surface area contributed by atoms with Gasteiger partial charge in [-0.3, -0.25) is 9.35 Å². The van der Waals surface area contributed by atoms with Crippen LogP contribution in [0.25, 0.3) is 0 Å². The van der Waals surface area contributed by atoms with Crippen LogP contribution in [-0.2, 0) is 19.9 Å². The van der Waals surface area contributed by atoms with Crippen LogP contribution in [0.1, 0.15) is 0 Å². The predicted octanol–water partition coefficient (Wildman–Crippen LogP) is -1.53. The van der Waals surface area contributed by atoms with Crippen molar-refractivity contribution in [1.29, 1.82) is 0 Å². The fourth-order valence-corrected chi connectivity index (χ4v) is 0.241. The minimum absolute atomic E-state index is 0.173. The first-order valence-corrected chi connectivity index (χ1v) is 2.84. The molecule has 0 atom stereocenters. The van der Waals surface area contributed by atoms with Gasteiger partial charge in [0.2, 0.25) is 0 Å². The fourth-order valence-electron chi connectivity index (χ4n) is 0.0804. The van der Waals surface area contributed by atoms with Crippen LogP contribution in [0.2, 0.25) is 0 Å². The second kappa shape index (κ2) is 2.60. The van der Waals surface area contributed by atoms with Crippen LogP contribution in [0.5, 0.6) is 0 Å². The topological polar surface area (TPSA) is 92.7 Å². The molecule has 0 saturated heterocycles. The first-order valence-electron chi connectivity index (χ1n) is 1.40. The predicted molar refractivity (Wildman–Crippen MR) is 21.8 cm³/mol. The smallest absolute Gasteiger partial charge is 0.357 e. The van der Waals surface area contributed by atoms with Gasteiger partial charge in [-0.15, -0.1) is 0 Å². The number of rotatable bonds is 3. The van der Waals surface area contributed by atoms with Crippen molar-refractivity contribution in [1.82, 2.24) is 4.89 Å². The molecule has 0 radical (unpaired) electrons. The lowest BCUT2D eigenvalue weighted by Crippen LogP contribution is -2.21. The van der Waals surface area contributed by atoms with Crippen molar-refractivity contribution in [3.8, 4) is 0 Å². The standard InChI is InChI=1S/CH3NO5S/c3-1-7-2-8(4,5)6/h1-2H,(H,4,5,6). The Morgan fingerprint density at radius 3 is 2.25 bits per heavy atom. The molecular formula is CH3NO5S. The molecule has 0 fully saturated rings. The lowest BCUT2D eigenvalue weighted by Gasteiger charge is -1.91. The SMILES string of the molecule is O=CONS(=O)(=O)O. The van der Waals surface area contributed by atoms with Gasteiger partial charge in [0.25, 0.3) is 0 Å². The number of hydrogen-bond acceptors (Lipinski definition) is 4. The van der Waals surface area contributed by atoms with Crippen molar-refractivity contribution >= 4 is 16.8 Å². The van der Waals surface area contributed by atoms with E-state index in [2.05, 4.69) is 4.84 Å². The van der Waals surface area contributed by atoms with Crippen LogP contribution in [0.15, 0.2) is 0 Å². The Kier molecular flexibility index (Phi) is 2.38. The Labute approximate surface area is 45.3 Å². The summed E-state index contributed by atoms with van der Waals surface area (Å²) in [7, 11) is -4.39. The summed E-state index contributed by atoms with van der Waals surface area (Å²) in [5, 5.41) is 0. The summed E-state index contributed by atoms with van der Waals surface area (Å²) in [6.07, 6.45) is 0. The molecule has 48 valence electrons. The van der Waals surface area contributed by atoms with Gasteiger partial charge in [-0.1, -0.05) is 0 Å². The molecule has 0 aromatic carbocycles. The van der Waals surface area contributed by atoms with E-state index in [0.717, 1.165) is 4.89 Å². The van der Waals surface area contributed by atoms with Gasteiger partial charge in [-0.05, 0) is 4.89 Å². The quantitative estimate of drug-likeness (QED) is 0.282. The summed E-state index contributed by atoms with van der Waals surface area (Å²) < 4.78 is 26.8. The Morgan fingerprint density at radius 2 is 2.12 bits per heavy atom. The molecule has 0 unspecified atom stereocenters. The Bertz CT molecular complexity index is 157. The van der Waals surface area contributed by atoms with E-state index in [-0.39, 0.29) is 6.47 Å². The molecule has 0 aliphatic rings. The van der Waals surface area contributed by atoms with Crippen LogP contribution >= 0.6 is 0 Å². The highest BCUT2D eigenvalue weighted by Gasteiger charge is 1.99.